The number of aromatic nitrogens is 1. The maximum Gasteiger partial charge on any atom is 0.303 e. The molecule has 0 bridgehead atoms. The van der Waals surface area contributed by atoms with Gasteiger partial charge in [-0.3, -0.25) is 9.78 Å². The number of benzene rings is 1. The lowest BCUT2D eigenvalue weighted by molar-refractivity contribution is -0.142. The molecule has 0 atom stereocenters. The summed E-state index contributed by atoms with van der Waals surface area (Å²) < 4.78 is 10.6. The molecule has 0 aliphatic heterocycles. The average molecular weight is 243 g/mol. The molecule has 0 aliphatic carbocycles. The normalized spacial score (nSPS) is 9.83. The zero-order chi connectivity index (χ0) is 12.8. The van der Waals surface area contributed by atoms with E-state index in [9.17, 15) is 4.79 Å². The first-order chi connectivity index (χ1) is 8.75. The molecule has 4 nitrogen and oxygen atoms in total. The lowest BCUT2D eigenvalue weighted by Crippen LogP contribution is -2.02. The zero-order valence-electron chi connectivity index (χ0n) is 10.00. The van der Waals surface area contributed by atoms with Crippen molar-refractivity contribution in [3.63, 3.8) is 0 Å². The first kappa shape index (κ1) is 12.1. The lowest BCUT2D eigenvalue weighted by Gasteiger charge is -2.09. The van der Waals surface area contributed by atoms with Crippen LogP contribution in [-0.4, -0.2) is 11.0 Å². The molecule has 0 saturated heterocycles. The predicted molar refractivity (Wildman–Crippen MR) is 66.2 cm³/mol. The van der Waals surface area contributed by atoms with Crippen molar-refractivity contribution < 1.29 is 14.3 Å². The zero-order valence-corrected chi connectivity index (χ0v) is 10.00. The molecule has 0 unspecified atom stereocenters. The predicted octanol–water partition coefficient (Wildman–Crippen LogP) is 2.94. The van der Waals surface area contributed by atoms with Gasteiger partial charge in [-0.2, -0.15) is 0 Å². The third-order valence-electron chi connectivity index (χ3n) is 2.23. The molecule has 0 radical (unpaired) electrons. The van der Waals surface area contributed by atoms with Gasteiger partial charge in [-0.05, 0) is 24.3 Å². The largest absolute Gasteiger partial charge is 0.459 e. The van der Waals surface area contributed by atoms with Crippen LogP contribution in [0.4, 0.5) is 0 Å². The minimum Gasteiger partial charge on any atom is -0.459 e. The van der Waals surface area contributed by atoms with E-state index in [2.05, 4.69) is 4.98 Å². The van der Waals surface area contributed by atoms with Crippen LogP contribution in [-0.2, 0) is 16.1 Å². The van der Waals surface area contributed by atoms with E-state index in [1.165, 1.54) is 6.92 Å². The summed E-state index contributed by atoms with van der Waals surface area (Å²) in [5.41, 5.74) is 0.594. The van der Waals surface area contributed by atoms with Crippen molar-refractivity contribution in [2.75, 3.05) is 0 Å². The van der Waals surface area contributed by atoms with Gasteiger partial charge in [0, 0.05) is 13.1 Å². The highest BCUT2D eigenvalue weighted by atomic mass is 16.5. The molecular formula is C14H13NO3. The number of carbonyl (C=O) groups excluding carboxylic acids is 1. The summed E-state index contributed by atoms with van der Waals surface area (Å²) >= 11 is 0. The van der Waals surface area contributed by atoms with Gasteiger partial charge in [0.25, 0.3) is 0 Å². The van der Waals surface area contributed by atoms with Crippen LogP contribution in [0.2, 0.25) is 0 Å². The molecule has 1 aromatic carbocycles. The van der Waals surface area contributed by atoms with Gasteiger partial charge in [-0.1, -0.05) is 18.2 Å². The number of nitrogens with zero attached hydrogens (tertiary/aromatic N) is 1. The van der Waals surface area contributed by atoms with Crippen LogP contribution in [0.3, 0.4) is 0 Å². The summed E-state index contributed by atoms with van der Waals surface area (Å²) in [6, 6.07) is 12.9. The molecule has 0 amide bonds. The molecule has 1 aromatic heterocycles. The van der Waals surface area contributed by atoms with Gasteiger partial charge in [0.05, 0.1) is 0 Å². The maximum absolute atomic E-state index is 10.8. The highest BCUT2D eigenvalue weighted by molar-refractivity contribution is 5.65. The van der Waals surface area contributed by atoms with Gasteiger partial charge in [0.1, 0.15) is 18.1 Å². The number of esters is 1. The van der Waals surface area contributed by atoms with E-state index in [0.717, 1.165) is 5.75 Å². The van der Waals surface area contributed by atoms with Crippen LogP contribution in [0.15, 0.2) is 48.7 Å². The van der Waals surface area contributed by atoms with Gasteiger partial charge in [0.2, 0.25) is 0 Å². The number of para-hydroxylation sites is 1. The molecule has 2 aromatic rings. The molecule has 92 valence electrons. The average Bonchev–Trinajstić information content (AvgIpc) is 2.39. The first-order valence-electron chi connectivity index (χ1n) is 5.56. The quantitative estimate of drug-likeness (QED) is 0.774. The SMILES string of the molecule is CC(=O)OCc1ncccc1Oc1ccccc1. The third-order valence-corrected chi connectivity index (χ3v) is 2.23. The van der Waals surface area contributed by atoms with Gasteiger partial charge >= 0.3 is 5.97 Å². The van der Waals surface area contributed by atoms with Crippen LogP contribution in [0.1, 0.15) is 12.6 Å². The lowest BCUT2D eigenvalue weighted by atomic mass is 10.3. The second kappa shape index (κ2) is 5.82. The fourth-order valence-electron chi connectivity index (χ4n) is 1.41. The van der Waals surface area contributed by atoms with Crippen molar-refractivity contribution in [1.29, 1.82) is 0 Å². The number of pyridine rings is 1. The number of hydrogen-bond donors (Lipinski definition) is 0. The molecule has 0 fully saturated rings. The fraction of sp³-hybridized carbons (Fsp3) is 0.143. The summed E-state index contributed by atoms with van der Waals surface area (Å²) in [5, 5.41) is 0. The molecule has 18 heavy (non-hydrogen) atoms. The number of hydrogen-bond acceptors (Lipinski definition) is 4. The van der Waals surface area contributed by atoms with Gasteiger partial charge in [-0.25, -0.2) is 0 Å². The minimum absolute atomic E-state index is 0.109. The van der Waals surface area contributed by atoms with Crippen molar-refractivity contribution in [3.8, 4) is 11.5 Å². The van der Waals surface area contributed by atoms with Gasteiger partial charge in [0.15, 0.2) is 5.75 Å². The Kier molecular flexibility index (Phi) is 3.91. The maximum atomic E-state index is 10.8. The Morgan fingerprint density at radius 3 is 2.67 bits per heavy atom. The van der Waals surface area contributed by atoms with Crippen molar-refractivity contribution in [1.82, 2.24) is 4.98 Å². The van der Waals surface area contributed by atoms with Crippen molar-refractivity contribution in [2.24, 2.45) is 0 Å². The first-order valence-corrected chi connectivity index (χ1v) is 5.56. The number of ether oxygens (including phenoxy) is 2. The highest BCUT2D eigenvalue weighted by Crippen LogP contribution is 2.23. The third kappa shape index (κ3) is 3.31. The summed E-state index contributed by atoms with van der Waals surface area (Å²) in [5.74, 6) is 0.964. The standard InChI is InChI=1S/C14H13NO3/c1-11(16)17-10-13-14(8-5-9-15-13)18-12-6-3-2-4-7-12/h2-9H,10H2,1H3. The van der Waals surface area contributed by atoms with E-state index in [1.807, 2.05) is 30.3 Å². The number of rotatable bonds is 4. The van der Waals surface area contributed by atoms with Gasteiger partial charge in [-0.15, -0.1) is 0 Å². The minimum atomic E-state index is -0.341. The Morgan fingerprint density at radius 1 is 1.17 bits per heavy atom. The topological polar surface area (TPSA) is 48.4 Å². The van der Waals surface area contributed by atoms with E-state index in [4.69, 9.17) is 9.47 Å². The van der Waals surface area contributed by atoms with Crippen molar-refractivity contribution in [3.05, 3.63) is 54.4 Å². The van der Waals surface area contributed by atoms with Crippen LogP contribution in [0, 0.1) is 0 Å². The monoisotopic (exact) mass is 243 g/mol. The summed E-state index contributed by atoms with van der Waals surface area (Å²) in [7, 11) is 0. The Morgan fingerprint density at radius 2 is 1.94 bits per heavy atom. The highest BCUT2D eigenvalue weighted by Gasteiger charge is 2.07. The molecule has 0 spiro atoms. The number of carbonyl (C=O) groups is 1. The van der Waals surface area contributed by atoms with Crippen molar-refractivity contribution >= 4 is 5.97 Å². The summed E-state index contributed by atoms with van der Waals surface area (Å²) in [4.78, 5) is 14.9. The van der Waals surface area contributed by atoms with Crippen LogP contribution in [0.25, 0.3) is 0 Å². The van der Waals surface area contributed by atoms with Crippen LogP contribution >= 0.6 is 0 Å². The fourth-order valence-corrected chi connectivity index (χ4v) is 1.41. The van der Waals surface area contributed by atoms with E-state index >= 15 is 0 Å². The molecule has 0 saturated carbocycles. The Labute approximate surface area is 105 Å². The van der Waals surface area contributed by atoms with E-state index in [-0.39, 0.29) is 12.6 Å². The molecule has 0 N–H and O–H groups in total. The van der Waals surface area contributed by atoms with E-state index in [0.29, 0.717) is 11.4 Å². The van der Waals surface area contributed by atoms with E-state index < -0.39 is 0 Å². The molecule has 1 heterocycles. The Hall–Kier alpha value is -2.36. The Bertz CT molecular complexity index is 526. The smallest absolute Gasteiger partial charge is 0.303 e. The van der Waals surface area contributed by atoms with Gasteiger partial charge < -0.3 is 9.47 Å². The summed E-state index contributed by atoms with van der Waals surface area (Å²) in [6.07, 6.45) is 1.64. The van der Waals surface area contributed by atoms with E-state index in [1.54, 1.807) is 18.3 Å². The second-order valence-corrected chi connectivity index (χ2v) is 3.64. The van der Waals surface area contributed by atoms with Crippen LogP contribution in [0.5, 0.6) is 11.5 Å². The van der Waals surface area contributed by atoms with Crippen molar-refractivity contribution in [2.45, 2.75) is 13.5 Å². The second-order valence-electron chi connectivity index (χ2n) is 3.64. The Balaban J connectivity index is 2.14. The molecule has 4 heteroatoms. The van der Waals surface area contributed by atoms with Crippen LogP contribution < -0.4 is 4.74 Å². The molecular weight excluding hydrogens is 230 g/mol. The molecule has 2 rings (SSSR count). The molecule has 0 aliphatic rings. The summed E-state index contributed by atoms with van der Waals surface area (Å²) in [6.45, 7) is 1.47.